The van der Waals surface area contributed by atoms with Gasteiger partial charge < -0.3 is 4.74 Å². The monoisotopic (exact) mass is 504 g/mol. The van der Waals surface area contributed by atoms with Crippen molar-refractivity contribution in [2.45, 2.75) is 154 Å². The number of hydrogen-bond donors (Lipinski definition) is 0. The molecule has 0 amide bonds. The van der Waals surface area contributed by atoms with E-state index in [0.29, 0.717) is 29.2 Å². The summed E-state index contributed by atoms with van der Waals surface area (Å²) in [4.78, 5) is 13.1. The maximum atomic E-state index is 13.1. The van der Waals surface area contributed by atoms with Crippen molar-refractivity contribution in [3.05, 3.63) is 12.2 Å². The van der Waals surface area contributed by atoms with Crippen LogP contribution < -0.4 is 0 Å². The van der Waals surface area contributed by atoms with Crippen LogP contribution in [0.1, 0.15) is 148 Å². The van der Waals surface area contributed by atoms with E-state index in [1.165, 1.54) is 38.5 Å². The second kappa shape index (κ2) is 12.8. The molecule has 0 spiro atoms. The lowest BCUT2D eigenvalue weighted by Crippen LogP contribution is -2.60. The average molecular weight is 505 g/mol. The lowest BCUT2D eigenvalue weighted by Gasteiger charge is -2.63. The van der Waals surface area contributed by atoms with E-state index in [0.717, 1.165) is 19.3 Å². The van der Waals surface area contributed by atoms with Gasteiger partial charge in [0.05, 0.1) is 0 Å². The van der Waals surface area contributed by atoms with Crippen LogP contribution in [0.25, 0.3) is 0 Å². The number of carbonyl (C=O) groups excluding carboxylic acids is 1. The topological polar surface area (TPSA) is 26.3 Å². The fourth-order valence-electron chi connectivity index (χ4n) is 8.67. The quantitative estimate of drug-likeness (QED) is 0.174. The summed E-state index contributed by atoms with van der Waals surface area (Å²) in [7, 11) is 0. The molecular formula is C34H64O2. The average Bonchev–Trinajstić information content (AvgIpc) is 2.72. The second-order valence-electron chi connectivity index (χ2n) is 15.1. The van der Waals surface area contributed by atoms with Gasteiger partial charge in [0.15, 0.2) is 0 Å². The van der Waals surface area contributed by atoms with E-state index in [9.17, 15) is 4.79 Å². The summed E-state index contributed by atoms with van der Waals surface area (Å²) >= 11 is 0. The van der Waals surface area contributed by atoms with E-state index in [2.05, 4.69) is 89.7 Å². The van der Waals surface area contributed by atoms with Crippen LogP contribution >= 0.6 is 0 Å². The van der Waals surface area contributed by atoms with Crippen molar-refractivity contribution in [3.63, 3.8) is 0 Å². The SMILES string of the molecule is C=C(C)C(=O)OC1CC(C(C)(C)CCC)C(C(C)(C)CCC)C(C(C)(C)CCC)C1C(C)(C)CCC. The van der Waals surface area contributed by atoms with Crippen LogP contribution in [0.2, 0.25) is 0 Å². The first-order valence-electron chi connectivity index (χ1n) is 15.3. The smallest absolute Gasteiger partial charge is 0.333 e. The fraction of sp³-hybridized carbons (Fsp3) is 0.912. The molecule has 0 N–H and O–H groups in total. The molecule has 36 heavy (non-hydrogen) atoms. The molecule has 2 heteroatoms. The third-order valence-corrected chi connectivity index (χ3v) is 9.99. The molecule has 1 fully saturated rings. The molecule has 212 valence electrons. The van der Waals surface area contributed by atoms with Crippen LogP contribution in [0.4, 0.5) is 0 Å². The highest BCUT2D eigenvalue weighted by atomic mass is 16.5. The zero-order valence-corrected chi connectivity index (χ0v) is 26.8. The third-order valence-electron chi connectivity index (χ3n) is 9.99. The molecule has 0 saturated heterocycles. The highest BCUT2D eigenvalue weighted by Gasteiger charge is 2.60. The van der Waals surface area contributed by atoms with Gasteiger partial charge >= 0.3 is 5.97 Å². The predicted octanol–water partition coefficient (Wildman–Crippen LogP) is 10.6. The molecule has 1 rings (SSSR count). The van der Waals surface area contributed by atoms with Gasteiger partial charge in [-0.05, 0) is 78.4 Å². The van der Waals surface area contributed by atoms with Crippen LogP contribution in [0.3, 0.4) is 0 Å². The van der Waals surface area contributed by atoms with E-state index < -0.39 is 0 Å². The molecule has 1 saturated carbocycles. The lowest BCUT2D eigenvalue weighted by molar-refractivity contribution is -0.195. The van der Waals surface area contributed by atoms with Crippen molar-refractivity contribution in [2.75, 3.05) is 0 Å². The minimum Gasteiger partial charge on any atom is -0.459 e. The van der Waals surface area contributed by atoms with E-state index in [-0.39, 0.29) is 33.7 Å². The Balaban J connectivity index is 4.01. The zero-order valence-electron chi connectivity index (χ0n) is 26.8. The highest BCUT2D eigenvalue weighted by Crippen LogP contribution is 2.64. The van der Waals surface area contributed by atoms with Gasteiger partial charge in [0.2, 0.25) is 0 Å². The second-order valence-corrected chi connectivity index (χ2v) is 15.1. The number of ether oxygens (including phenoxy) is 1. The first-order valence-corrected chi connectivity index (χ1v) is 15.3. The summed E-state index contributed by atoms with van der Waals surface area (Å²) in [5, 5.41) is 0. The van der Waals surface area contributed by atoms with Gasteiger partial charge in [0.25, 0.3) is 0 Å². The minimum atomic E-state index is -0.206. The van der Waals surface area contributed by atoms with Gasteiger partial charge in [-0.2, -0.15) is 0 Å². The van der Waals surface area contributed by atoms with Crippen LogP contribution in [0.5, 0.6) is 0 Å². The first kappa shape index (κ1) is 33.2. The molecular weight excluding hydrogens is 440 g/mol. The molecule has 0 aromatic rings. The molecule has 0 heterocycles. The van der Waals surface area contributed by atoms with Gasteiger partial charge in [0.1, 0.15) is 6.10 Å². The molecule has 0 bridgehead atoms. The Labute approximate surface area is 226 Å². The fourth-order valence-corrected chi connectivity index (χ4v) is 8.67. The van der Waals surface area contributed by atoms with Crippen LogP contribution in [-0.4, -0.2) is 12.1 Å². The Morgan fingerprint density at radius 1 is 0.667 bits per heavy atom. The maximum absolute atomic E-state index is 13.1. The van der Waals surface area contributed by atoms with Crippen LogP contribution in [-0.2, 0) is 9.53 Å². The Morgan fingerprint density at radius 3 is 1.42 bits per heavy atom. The van der Waals surface area contributed by atoms with Crippen molar-refractivity contribution in [2.24, 2.45) is 45.3 Å². The first-order chi connectivity index (χ1) is 16.4. The zero-order chi connectivity index (χ0) is 28.1. The third kappa shape index (κ3) is 7.63. The molecule has 0 radical (unpaired) electrons. The van der Waals surface area contributed by atoms with Crippen molar-refractivity contribution in [1.29, 1.82) is 0 Å². The van der Waals surface area contributed by atoms with Gasteiger partial charge in [0, 0.05) is 11.5 Å². The highest BCUT2D eigenvalue weighted by molar-refractivity contribution is 5.87. The summed E-state index contributed by atoms with van der Waals surface area (Å²) in [5.41, 5.74) is 1.19. The Morgan fingerprint density at radius 2 is 1.03 bits per heavy atom. The Kier molecular flexibility index (Phi) is 11.9. The lowest BCUT2D eigenvalue weighted by atomic mass is 9.42. The molecule has 5 atom stereocenters. The molecule has 1 aliphatic rings. The standard InChI is InChI=1S/C34H64O2/c1-15-19-31(7,8)25-23-26(36-30(35)24(5)6)28(33(11,12)21-17-3)29(34(13,14)22-18-4)27(25)32(9,10)20-16-2/h25-29H,5,15-23H2,1-4,6-14H3. The minimum absolute atomic E-state index is 0.0633. The normalized spacial score (nSPS) is 26.1. The molecule has 1 aliphatic carbocycles. The van der Waals surface area contributed by atoms with Crippen molar-refractivity contribution in [3.8, 4) is 0 Å². The molecule has 5 unspecified atom stereocenters. The van der Waals surface area contributed by atoms with Gasteiger partial charge in [-0.3, -0.25) is 0 Å². The number of hydrogen-bond acceptors (Lipinski definition) is 2. The van der Waals surface area contributed by atoms with Gasteiger partial charge in [-0.15, -0.1) is 0 Å². The van der Waals surface area contributed by atoms with E-state index in [1.54, 1.807) is 6.92 Å². The van der Waals surface area contributed by atoms with Crippen LogP contribution in [0, 0.1) is 45.3 Å². The van der Waals surface area contributed by atoms with E-state index >= 15 is 0 Å². The van der Waals surface area contributed by atoms with Crippen molar-refractivity contribution < 1.29 is 9.53 Å². The Bertz CT molecular complexity index is 711. The Hall–Kier alpha value is -0.790. The van der Waals surface area contributed by atoms with Gasteiger partial charge in [-0.1, -0.05) is 115 Å². The number of esters is 1. The summed E-state index contributed by atoms with van der Waals surface area (Å²) in [5.74, 6) is 1.70. The summed E-state index contributed by atoms with van der Waals surface area (Å²) < 4.78 is 6.49. The molecule has 2 nitrogen and oxygen atoms in total. The van der Waals surface area contributed by atoms with Gasteiger partial charge in [-0.25, -0.2) is 4.79 Å². The number of carbonyl (C=O) groups is 1. The molecule has 0 aliphatic heterocycles. The van der Waals surface area contributed by atoms with E-state index in [4.69, 9.17) is 4.74 Å². The van der Waals surface area contributed by atoms with Crippen LogP contribution in [0.15, 0.2) is 12.2 Å². The number of rotatable bonds is 14. The summed E-state index contributed by atoms with van der Waals surface area (Å²) in [6, 6.07) is 0. The predicted molar refractivity (Wildman–Crippen MR) is 158 cm³/mol. The largest absolute Gasteiger partial charge is 0.459 e. The van der Waals surface area contributed by atoms with E-state index in [1.807, 2.05) is 0 Å². The van der Waals surface area contributed by atoms with Crippen molar-refractivity contribution in [1.82, 2.24) is 0 Å². The van der Waals surface area contributed by atoms with Crippen molar-refractivity contribution >= 4 is 5.97 Å². The summed E-state index contributed by atoms with van der Waals surface area (Å²) in [6.07, 6.45) is 10.5. The maximum Gasteiger partial charge on any atom is 0.333 e. The molecule has 0 aromatic heterocycles. The molecule has 0 aromatic carbocycles. The summed E-state index contributed by atoms with van der Waals surface area (Å²) in [6.45, 7) is 35.1.